The van der Waals surface area contributed by atoms with Gasteiger partial charge in [-0.15, -0.1) is 0 Å². The van der Waals surface area contributed by atoms with E-state index >= 15 is 0 Å². The van der Waals surface area contributed by atoms with Crippen LogP contribution >= 0.6 is 0 Å². The van der Waals surface area contributed by atoms with E-state index in [1.54, 1.807) is 0 Å². The Kier molecular flexibility index (Phi) is 2.14. The van der Waals surface area contributed by atoms with Gasteiger partial charge in [-0.25, -0.2) is 4.79 Å². The van der Waals surface area contributed by atoms with Crippen molar-refractivity contribution in [2.24, 2.45) is 0 Å². The van der Waals surface area contributed by atoms with Gasteiger partial charge in [0.2, 0.25) is 0 Å². The number of rotatable bonds is 0. The van der Waals surface area contributed by atoms with E-state index in [0.29, 0.717) is 0 Å². The first-order valence-corrected chi connectivity index (χ1v) is 4.48. The molecule has 1 amide bonds. The minimum Gasteiger partial charge on any atom is -0.465 e. The standard InChI is InChI=1S/C10H17NO2/c1-9(2)6-5-7-10(3,4)11(9)8(12)13/h5-6H,7H2,1-4H3,(H,12,13). The summed E-state index contributed by atoms with van der Waals surface area (Å²) in [6, 6.07) is 0. The molecule has 3 nitrogen and oxygen atoms in total. The first-order chi connectivity index (χ1) is 5.77. The average molecular weight is 183 g/mol. The van der Waals surface area contributed by atoms with Crippen molar-refractivity contribution in [1.29, 1.82) is 0 Å². The van der Waals surface area contributed by atoms with Crippen molar-refractivity contribution < 1.29 is 9.90 Å². The van der Waals surface area contributed by atoms with E-state index in [2.05, 4.69) is 6.08 Å². The van der Waals surface area contributed by atoms with Gasteiger partial charge in [0.05, 0.1) is 5.54 Å². The number of hydrogen-bond acceptors (Lipinski definition) is 1. The van der Waals surface area contributed by atoms with Gasteiger partial charge in [0.1, 0.15) is 0 Å². The van der Waals surface area contributed by atoms with Crippen LogP contribution in [0.15, 0.2) is 12.2 Å². The molecule has 1 rings (SSSR count). The molecule has 1 aliphatic heterocycles. The Morgan fingerprint density at radius 3 is 2.23 bits per heavy atom. The number of carboxylic acid groups (broad SMARTS) is 1. The topological polar surface area (TPSA) is 40.5 Å². The Hall–Kier alpha value is -0.990. The summed E-state index contributed by atoms with van der Waals surface area (Å²) in [7, 11) is 0. The molecule has 0 aromatic heterocycles. The Bertz CT molecular complexity index is 254. The Balaban J connectivity index is 3.09. The summed E-state index contributed by atoms with van der Waals surface area (Å²) in [5.41, 5.74) is -0.697. The zero-order valence-electron chi connectivity index (χ0n) is 8.66. The Labute approximate surface area is 79.0 Å². The molecule has 0 aromatic carbocycles. The number of amides is 1. The third kappa shape index (κ3) is 1.69. The predicted octanol–water partition coefficient (Wildman–Crippen LogP) is 2.48. The molecular formula is C10H17NO2. The quantitative estimate of drug-likeness (QED) is 0.586. The summed E-state index contributed by atoms with van der Waals surface area (Å²) in [4.78, 5) is 12.6. The van der Waals surface area contributed by atoms with Crippen LogP contribution in [0.25, 0.3) is 0 Å². The number of hydrogen-bond donors (Lipinski definition) is 1. The minimum absolute atomic E-state index is 0.302. The van der Waals surface area contributed by atoms with E-state index in [-0.39, 0.29) is 5.54 Å². The van der Waals surface area contributed by atoms with Crippen LogP contribution in [-0.2, 0) is 0 Å². The fourth-order valence-corrected chi connectivity index (χ4v) is 2.09. The van der Waals surface area contributed by atoms with Crippen molar-refractivity contribution >= 4 is 6.09 Å². The minimum atomic E-state index is -0.848. The molecule has 1 aliphatic rings. The van der Waals surface area contributed by atoms with Crippen molar-refractivity contribution in [3.8, 4) is 0 Å². The van der Waals surface area contributed by atoms with E-state index in [4.69, 9.17) is 5.11 Å². The zero-order chi connectivity index (χ0) is 10.3. The first kappa shape index (κ1) is 10.1. The van der Waals surface area contributed by atoms with Crippen LogP contribution in [0.1, 0.15) is 34.1 Å². The highest BCUT2D eigenvalue weighted by Crippen LogP contribution is 2.33. The molecular weight excluding hydrogens is 166 g/mol. The summed E-state index contributed by atoms with van der Waals surface area (Å²) in [6.45, 7) is 7.73. The van der Waals surface area contributed by atoms with Gasteiger partial charge in [-0.3, -0.25) is 4.90 Å². The highest BCUT2D eigenvalue weighted by atomic mass is 16.4. The molecule has 1 N–H and O–H groups in total. The second-order valence-corrected chi connectivity index (χ2v) is 4.69. The smallest absolute Gasteiger partial charge is 0.408 e. The lowest BCUT2D eigenvalue weighted by atomic mass is 9.86. The lowest BCUT2D eigenvalue weighted by Gasteiger charge is -2.48. The maximum atomic E-state index is 11.1. The molecule has 0 aromatic rings. The van der Waals surface area contributed by atoms with Gasteiger partial charge in [-0.1, -0.05) is 12.2 Å². The molecule has 13 heavy (non-hydrogen) atoms. The van der Waals surface area contributed by atoms with E-state index in [1.165, 1.54) is 4.90 Å². The highest BCUT2D eigenvalue weighted by molar-refractivity contribution is 5.68. The first-order valence-electron chi connectivity index (χ1n) is 4.48. The van der Waals surface area contributed by atoms with E-state index in [1.807, 2.05) is 33.8 Å². The van der Waals surface area contributed by atoms with Gasteiger partial charge in [-0.2, -0.15) is 0 Å². The van der Waals surface area contributed by atoms with Crippen molar-refractivity contribution in [1.82, 2.24) is 4.90 Å². The van der Waals surface area contributed by atoms with E-state index in [9.17, 15) is 4.79 Å². The van der Waals surface area contributed by atoms with Crippen molar-refractivity contribution in [2.75, 3.05) is 0 Å². The highest BCUT2D eigenvalue weighted by Gasteiger charge is 2.41. The van der Waals surface area contributed by atoms with Crippen LogP contribution in [0, 0.1) is 0 Å². The van der Waals surface area contributed by atoms with Crippen LogP contribution in [0.4, 0.5) is 4.79 Å². The van der Waals surface area contributed by atoms with Gasteiger partial charge in [0.25, 0.3) is 0 Å². The zero-order valence-corrected chi connectivity index (χ0v) is 8.66. The molecule has 0 fully saturated rings. The molecule has 0 bridgehead atoms. The van der Waals surface area contributed by atoms with Gasteiger partial charge >= 0.3 is 6.09 Å². The fourth-order valence-electron chi connectivity index (χ4n) is 2.09. The third-order valence-corrected chi connectivity index (χ3v) is 2.52. The maximum Gasteiger partial charge on any atom is 0.408 e. The molecule has 74 valence electrons. The molecule has 0 saturated carbocycles. The van der Waals surface area contributed by atoms with Gasteiger partial charge in [-0.05, 0) is 34.1 Å². The van der Waals surface area contributed by atoms with Gasteiger partial charge in [0, 0.05) is 5.54 Å². The van der Waals surface area contributed by atoms with Crippen LogP contribution < -0.4 is 0 Å². The molecule has 0 unspecified atom stereocenters. The Morgan fingerprint density at radius 1 is 1.38 bits per heavy atom. The summed E-state index contributed by atoms with van der Waals surface area (Å²) in [6.07, 6.45) is 3.94. The second-order valence-electron chi connectivity index (χ2n) is 4.69. The average Bonchev–Trinajstić information content (AvgIpc) is 1.79. The summed E-state index contributed by atoms with van der Waals surface area (Å²) in [5.74, 6) is 0. The molecule has 0 saturated heterocycles. The van der Waals surface area contributed by atoms with Crippen LogP contribution in [0.5, 0.6) is 0 Å². The van der Waals surface area contributed by atoms with E-state index in [0.717, 1.165) is 6.42 Å². The lowest BCUT2D eigenvalue weighted by Crippen LogP contribution is -2.58. The van der Waals surface area contributed by atoms with Crippen molar-refractivity contribution in [3.63, 3.8) is 0 Å². The SMILES string of the molecule is CC1(C)C=CCC(C)(C)N1C(=O)O. The maximum absolute atomic E-state index is 11.1. The predicted molar refractivity (Wildman–Crippen MR) is 51.8 cm³/mol. The third-order valence-electron chi connectivity index (χ3n) is 2.52. The largest absolute Gasteiger partial charge is 0.465 e. The summed E-state index contributed by atoms with van der Waals surface area (Å²) < 4.78 is 0. The molecule has 1 heterocycles. The van der Waals surface area contributed by atoms with Gasteiger partial charge < -0.3 is 5.11 Å². The Morgan fingerprint density at radius 2 is 1.92 bits per heavy atom. The molecule has 0 spiro atoms. The summed E-state index contributed by atoms with van der Waals surface area (Å²) >= 11 is 0. The van der Waals surface area contributed by atoms with Crippen molar-refractivity contribution in [2.45, 2.75) is 45.2 Å². The van der Waals surface area contributed by atoms with Gasteiger partial charge in [0.15, 0.2) is 0 Å². The molecule has 0 atom stereocenters. The second kappa shape index (κ2) is 2.76. The van der Waals surface area contributed by atoms with Crippen LogP contribution in [-0.4, -0.2) is 27.2 Å². The van der Waals surface area contributed by atoms with Crippen molar-refractivity contribution in [3.05, 3.63) is 12.2 Å². The van der Waals surface area contributed by atoms with E-state index < -0.39 is 11.6 Å². The molecule has 3 heteroatoms. The number of carbonyl (C=O) groups is 1. The molecule has 0 aliphatic carbocycles. The molecule has 0 radical (unpaired) electrons. The monoisotopic (exact) mass is 183 g/mol. The lowest BCUT2D eigenvalue weighted by molar-refractivity contribution is 0.0396. The summed E-state index contributed by atoms with van der Waals surface area (Å²) in [5, 5.41) is 9.10. The fraction of sp³-hybridized carbons (Fsp3) is 0.700. The van der Waals surface area contributed by atoms with Crippen LogP contribution in [0.2, 0.25) is 0 Å². The normalized spacial score (nSPS) is 24.5. The number of nitrogens with zero attached hydrogens (tertiary/aromatic N) is 1. The van der Waals surface area contributed by atoms with Crippen LogP contribution in [0.3, 0.4) is 0 Å².